The second kappa shape index (κ2) is 6.14. The van der Waals surface area contributed by atoms with Gasteiger partial charge in [-0.25, -0.2) is 0 Å². The highest BCUT2D eigenvalue weighted by Gasteiger charge is 2.33. The summed E-state index contributed by atoms with van der Waals surface area (Å²) in [5.41, 5.74) is 1.03. The van der Waals surface area contributed by atoms with Crippen LogP contribution in [0.2, 0.25) is 0 Å². The molecule has 0 aliphatic heterocycles. The van der Waals surface area contributed by atoms with E-state index in [0.29, 0.717) is 6.54 Å². The maximum atomic E-state index is 11.9. The number of hydrogen-bond acceptors (Lipinski definition) is 2. The lowest BCUT2D eigenvalue weighted by molar-refractivity contribution is -0.130. The first-order valence-electron chi connectivity index (χ1n) is 6.18. The minimum absolute atomic E-state index is 0.0202. The van der Waals surface area contributed by atoms with E-state index in [-0.39, 0.29) is 17.6 Å². The first-order chi connectivity index (χ1) is 8.68. The van der Waals surface area contributed by atoms with Crippen molar-refractivity contribution in [3.63, 3.8) is 0 Å². The van der Waals surface area contributed by atoms with Gasteiger partial charge in [-0.15, -0.1) is 0 Å². The number of benzene rings is 1. The fourth-order valence-corrected chi connectivity index (χ4v) is 2.44. The summed E-state index contributed by atoms with van der Waals surface area (Å²) >= 11 is 3.20. The van der Waals surface area contributed by atoms with Crippen molar-refractivity contribution in [3.8, 4) is 0 Å². The number of nitrogens with one attached hydrogen (secondary N) is 1. The van der Waals surface area contributed by atoms with Crippen molar-refractivity contribution in [2.75, 3.05) is 0 Å². The molecule has 0 heterocycles. The van der Waals surface area contributed by atoms with Crippen molar-refractivity contribution in [2.45, 2.75) is 30.6 Å². The Labute approximate surface area is 115 Å². The molecule has 1 fully saturated rings. The second-order valence-corrected chi connectivity index (χ2v) is 5.51. The molecule has 1 aliphatic carbocycles. The average molecular weight is 310 g/mol. The van der Waals surface area contributed by atoms with E-state index < -0.39 is 4.83 Å². The number of halogens is 1. The highest BCUT2D eigenvalue weighted by molar-refractivity contribution is 9.10. The van der Waals surface area contributed by atoms with E-state index in [9.17, 15) is 9.59 Å². The third-order valence-corrected chi connectivity index (χ3v) is 4.16. The summed E-state index contributed by atoms with van der Waals surface area (Å²) in [6, 6.07) is 9.66. The SMILES string of the molecule is O=C(NCc1ccccc1)C(Br)C(=O)C1CCC1. The highest BCUT2D eigenvalue weighted by atomic mass is 79.9. The number of amides is 1. The summed E-state index contributed by atoms with van der Waals surface area (Å²) in [5.74, 6) is -0.139. The lowest BCUT2D eigenvalue weighted by atomic mass is 9.81. The number of carbonyl (C=O) groups is 2. The Morgan fingerprint density at radius 1 is 1.28 bits per heavy atom. The normalized spacial score (nSPS) is 16.7. The average Bonchev–Trinajstić information content (AvgIpc) is 2.34. The molecule has 0 saturated heterocycles. The van der Waals surface area contributed by atoms with Crippen LogP contribution in [-0.2, 0) is 16.1 Å². The molecule has 0 aromatic heterocycles. The fraction of sp³-hybridized carbons (Fsp3) is 0.429. The smallest absolute Gasteiger partial charge is 0.241 e. The summed E-state index contributed by atoms with van der Waals surface area (Å²) in [7, 11) is 0. The van der Waals surface area contributed by atoms with Crippen LogP contribution in [0.4, 0.5) is 0 Å². The van der Waals surface area contributed by atoms with Gasteiger partial charge >= 0.3 is 0 Å². The number of Topliss-reactive ketones (excluding diaryl/α,β-unsaturated/α-hetero) is 1. The molecule has 1 aromatic carbocycles. The van der Waals surface area contributed by atoms with Crippen LogP contribution in [0.25, 0.3) is 0 Å². The van der Waals surface area contributed by atoms with Gasteiger partial charge < -0.3 is 5.32 Å². The predicted molar refractivity (Wildman–Crippen MR) is 73.4 cm³/mol. The zero-order valence-electron chi connectivity index (χ0n) is 10.1. The van der Waals surface area contributed by atoms with Crippen molar-refractivity contribution in [3.05, 3.63) is 35.9 Å². The Bertz CT molecular complexity index is 429. The van der Waals surface area contributed by atoms with E-state index in [1.807, 2.05) is 30.3 Å². The molecule has 2 rings (SSSR count). The van der Waals surface area contributed by atoms with E-state index in [1.165, 1.54) is 0 Å². The molecule has 0 bridgehead atoms. The minimum atomic E-state index is -0.702. The molecule has 4 heteroatoms. The first kappa shape index (κ1) is 13.3. The Balaban J connectivity index is 1.82. The summed E-state index contributed by atoms with van der Waals surface area (Å²) in [6.45, 7) is 0.458. The number of carbonyl (C=O) groups excluding carboxylic acids is 2. The molecule has 1 aromatic rings. The summed E-state index contributed by atoms with van der Waals surface area (Å²) in [4.78, 5) is 23.0. The van der Waals surface area contributed by atoms with Crippen LogP contribution < -0.4 is 5.32 Å². The maximum absolute atomic E-state index is 11.9. The van der Waals surface area contributed by atoms with E-state index >= 15 is 0 Å². The molecule has 1 unspecified atom stereocenters. The predicted octanol–water partition coefficient (Wildman–Crippen LogP) is 2.44. The van der Waals surface area contributed by atoms with Crippen LogP contribution in [0.1, 0.15) is 24.8 Å². The lowest BCUT2D eigenvalue weighted by Crippen LogP contribution is -2.40. The Kier molecular flexibility index (Phi) is 4.53. The number of rotatable bonds is 5. The molecule has 1 aliphatic rings. The van der Waals surface area contributed by atoms with Crippen LogP contribution in [0.5, 0.6) is 0 Å². The Morgan fingerprint density at radius 3 is 2.50 bits per heavy atom. The van der Waals surface area contributed by atoms with Crippen molar-refractivity contribution in [1.29, 1.82) is 0 Å². The summed E-state index contributed by atoms with van der Waals surface area (Å²) in [6.07, 6.45) is 2.95. The van der Waals surface area contributed by atoms with Gasteiger partial charge in [0, 0.05) is 12.5 Å². The van der Waals surface area contributed by atoms with Gasteiger partial charge in [0.2, 0.25) is 5.91 Å². The van der Waals surface area contributed by atoms with Crippen molar-refractivity contribution in [1.82, 2.24) is 5.32 Å². The first-order valence-corrected chi connectivity index (χ1v) is 7.09. The van der Waals surface area contributed by atoms with Crippen LogP contribution in [0.15, 0.2) is 30.3 Å². The van der Waals surface area contributed by atoms with Crippen LogP contribution >= 0.6 is 15.9 Å². The third kappa shape index (κ3) is 3.19. The summed E-state index contributed by atoms with van der Waals surface area (Å²) in [5, 5.41) is 2.78. The summed E-state index contributed by atoms with van der Waals surface area (Å²) < 4.78 is 0. The maximum Gasteiger partial charge on any atom is 0.241 e. The van der Waals surface area contributed by atoms with E-state index in [1.54, 1.807) is 0 Å². The fourth-order valence-electron chi connectivity index (χ4n) is 1.90. The minimum Gasteiger partial charge on any atom is -0.351 e. The number of hydrogen-bond donors (Lipinski definition) is 1. The third-order valence-electron chi connectivity index (χ3n) is 3.30. The zero-order chi connectivity index (χ0) is 13.0. The quantitative estimate of drug-likeness (QED) is 0.671. The molecular formula is C14H16BrNO2. The van der Waals surface area contributed by atoms with Crippen molar-refractivity contribution < 1.29 is 9.59 Å². The Hall–Kier alpha value is -1.16. The number of ketones is 1. The lowest BCUT2D eigenvalue weighted by Gasteiger charge is -2.25. The molecular weight excluding hydrogens is 294 g/mol. The van der Waals surface area contributed by atoms with Crippen molar-refractivity contribution >= 4 is 27.6 Å². The van der Waals surface area contributed by atoms with Crippen LogP contribution in [0.3, 0.4) is 0 Å². The molecule has 3 nitrogen and oxygen atoms in total. The van der Waals surface area contributed by atoms with E-state index in [4.69, 9.17) is 0 Å². The Morgan fingerprint density at radius 2 is 1.94 bits per heavy atom. The van der Waals surface area contributed by atoms with E-state index in [0.717, 1.165) is 24.8 Å². The van der Waals surface area contributed by atoms with Gasteiger partial charge in [0.05, 0.1) is 0 Å². The van der Waals surface area contributed by atoms with Crippen LogP contribution in [0, 0.1) is 5.92 Å². The molecule has 18 heavy (non-hydrogen) atoms. The van der Waals surface area contributed by atoms with Gasteiger partial charge in [-0.1, -0.05) is 52.7 Å². The molecule has 0 radical (unpaired) electrons. The molecule has 0 spiro atoms. The topological polar surface area (TPSA) is 46.2 Å². The zero-order valence-corrected chi connectivity index (χ0v) is 11.7. The molecule has 1 atom stereocenters. The molecule has 96 valence electrons. The monoisotopic (exact) mass is 309 g/mol. The molecule has 1 N–H and O–H groups in total. The van der Waals surface area contributed by atoms with Crippen LogP contribution in [-0.4, -0.2) is 16.5 Å². The van der Waals surface area contributed by atoms with Gasteiger partial charge in [-0.05, 0) is 18.4 Å². The highest BCUT2D eigenvalue weighted by Crippen LogP contribution is 2.29. The molecule has 1 saturated carbocycles. The largest absolute Gasteiger partial charge is 0.351 e. The van der Waals surface area contributed by atoms with E-state index in [2.05, 4.69) is 21.2 Å². The van der Waals surface area contributed by atoms with Gasteiger partial charge in [0.15, 0.2) is 10.6 Å². The number of alkyl halides is 1. The van der Waals surface area contributed by atoms with Gasteiger partial charge in [-0.3, -0.25) is 9.59 Å². The van der Waals surface area contributed by atoms with Gasteiger partial charge in [0.1, 0.15) is 0 Å². The van der Waals surface area contributed by atoms with Gasteiger partial charge in [-0.2, -0.15) is 0 Å². The van der Waals surface area contributed by atoms with Crippen molar-refractivity contribution in [2.24, 2.45) is 5.92 Å². The standard InChI is InChI=1S/C14H16BrNO2/c15-12(13(17)11-7-4-8-11)14(18)16-9-10-5-2-1-3-6-10/h1-3,5-6,11-12H,4,7-9H2,(H,16,18). The second-order valence-electron chi connectivity index (χ2n) is 4.60. The van der Waals surface area contributed by atoms with Gasteiger partial charge in [0.25, 0.3) is 0 Å². The molecule has 1 amide bonds.